The SMILES string of the molecule is CN(CC1(O)CCCC1)C(=O)C1(C(N)=NO)CCOCC1. The van der Waals surface area contributed by atoms with Crippen LogP contribution >= 0.6 is 0 Å². The van der Waals surface area contributed by atoms with Gasteiger partial charge in [-0.25, -0.2) is 0 Å². The third kappa shape index (κ3) is 3.13. The molecular formula is C14H25N3O4. The highest BCUT2D eigenvalue weighted by atomic mass is 16.5. The number of carbonyl (C=O) groups excluding carboxylic acids is 1. The first-order valence-corrected chi connectivity index (χ1v) is 7.47. The molecule has 21 heavy (non-hydrogen) atoms. The summed E-state index contributed by atoms with van der Waals surface area (Å²) in [6.45, 7) is 1.09. The number of nitrogens with zero attached hydrogens (tertiary/aromatic N) is 2. The Hall–Kier alpha value is -1.34. The van der Waals surface area contributed by atoms with Crippen LogP contribution in [0.4, 0.5) is 0 Å². The van der Waals surface area contributed by atoms with Crippen LogP contribution in [0, 0.1) is 5.41 Å². The Morgan fingerprint density at radius 3 is 2.38 bits per heavy atom. The van der Waals surface area contributed by atoms with Crippen LogP contribution in [0.5, 0.6) is 0 Å². The third-order valence-electron chi connectivity index (χ3n) is 4.77. The Morgan fingerprint density at radius 1 is 1.29 bits per heavy atom. The summed E-state index contributed by atoms with van der Waals surface area (Å²) in [5, 5.41) is 22.5. The van der Waals surface area contributed by atoms with E-state index in [-0.39, 0.29) is 18.3 Å². The van der Waals surface area contributed by atoms with E-state index >= 15 is 0 Å². The highest BCUT2D eigenvalue weighted by molar-refractivity contribution is 6.06. The highest BCUT2D eigenvalue weighted by Gasteiger charge is 2.47. The molecule has 7 heteroatoms. The molecule has 1 saturated heterocycles. The predicted molar refractivity (Wildman–Crippen MR) is 76.9 cm³/mol. The lowest BCUT2D eigenvalue weighted by Gasteiger charge is -2.39. The van der Waals surface area contributed by atoms with Crippen LogP contribution in [0.2, 0.25) is 0 Å². The molecule has 0 atom stereocenters. The van der Waals surface area contributed by atoms with E-state index in [1.807, 2.05) is 0 Å². The molecule has 1 amide bonds. The molecule has 0 aromatic heterocycles. The van der Waals surface area contributed by atoms with Crippen molar-refractivity contribution >= 4 is 11.7 Å². The average Bonchev–Trinajstić information content (AvgIpc) is 2.92. The van der Waals surface area contributed by atoms with Crippen molar-refractivity contribution in [1.29, 1.82) is 0 Å². The summed E-state index contributed by atoms with van der Waals surface area (Å²) in [5.41, 5.74) is 3.98. The summed E-state index contributed by atoms with van der Waals surface area (Å²) in [4.78, 5) is 14.4. The van der Waals surface area contributed by atoms with E-state index in [1.54, 1.807) is 7.05 Å². The Kier molecular flexibility index (Phi) is 4.73. The molecule has 0 spiro atoms. The van der Waals surface area contributed by atoms with Crippen LogP contribution < -0.4 is 5.73 Å². The van der Waals surface area contributed by atoms with E-state index in [4.69, 9.17) is 15.7 Å². The second kappa shape index (κ2) is 6.19. The Morgan fingerprint density at radius 2 is 1.86 bits per heavy atom. The van der Waals surface area contributed by atoms with Crippen molar-refractivity contribution in [3.8, 4) is 0 Å². The second-order valence-corrected chi connectivity index (χ2v) is 6.27. The van der Waals surface area contributed by atoms with Crippen molar-refractivity contribution in [3.63, 3.8) is 0 Å². The Labute approximate surface area is 124 Å². The molecule has 1 aliphatic carbocycles. The van der Waals surface area contributed by atoms with Crippen LogP contribution in [0.3, 0.4) is 0 Å². The minimum absolute atomic E-state index is 0.0685. The molecule has 0 bridgehead atoms. The summed E-state index contributed by atoms with van der Waals surface area (Å²) in [6, 6.07) is 0. The molecule has 1 heterocycles. The topological polar surface area (TPSA) is 108 Å². The van der Waals surface area contributed by atoms with Gasteiger partial charge < -0.3 is 25.7 Å². The summed E-state index contributed by atoms with van der Waals surface area (Å²) in [7, 11) is 1.67. The summed E-state index contributed by atoms with van der Waals surface area (Å²) < 4.78 is 5.29. The lowest BCUT2D eigenvalue weighted by Crippen LogP contribution is -2.55. The fourth-order valence-electron chi connectivity index (χ4n) is 3.46. The zero-order valence-corrected chi connectivity index (χ0v) is 12.5. The molecule has 0 aromatic rings. The number of ether oxygens (including phenoxy) is 1. The molecule has 120 valence electrons. The summed E-state index contributed by atoms with van der Waals surface area (Å²) >= 11 is 0. The smallest absolute Gasteiger partial charge is 0.236 e. The summed E-state index contributed by atoms with van der Waals surface area (Å²) in [6.07, 6.45) is 4.18. The number of hydrogen-bond donors (Lipinski definition) is 3. The van der Waals surface area contributed by atoms with E-state index in [1.165, 1.54) is 4.90 Å². The normalized spacial score (nSPS) is 24.8. The standard InChI is InChI=1S/C14H25N3O4/c1-17(10-13(19)4-2-3-5-13)12(18)14(11(15)16-20)6-8-21-9-7-14/h19-20H,2-10H2,1H3,(H2,15,16). The number of likely N-dealkylation sites (N-methyl/N-ethyl adjacent to an activating group) is 1. The highest BCUT2D eigenvalue weighted by Crippen LogP contribution is 2.35. The average molecular weight is 299 g/mol. The minimum atomic E-state index is -1.02. The van der Waals surface area contributed by atoms with Gasteiger partial charge in [0, 0.05) is 26.8 Å². The maximum Gasteiger partial charge on any atom is 0.236 e. The lowest BCUT2D eigenvalue weighted by molar-refractivity contribution is -0.144. The van der Waals surface area contributed by atoms with Crippen molar-refractivity contribution < 1.29 is 19.8 Å². The molecule has 0 radical (unpaired) electrons. The number of oxime groups is 1. The lowest BCUT2D eigenvalue weighted by atomic mass is 9.77. The van der Waals surface area contributed by atoms with Gasteiger partial charge in [0.2, 0.25) is 5.91 Å². The van der Waals surface area contributed by atoms with Gasteiger partial charge in [0.25, 0.3) is 0 Å². The minimum Gasteiger partial charge on any atom is -0.409 e. The predicted octanol–water partition coefficient (Wildman–Crippen LogP) is 0.293. The first kappa shape index (κ1) is 16.0. The molecule has 7 nitrogen and oxygen atoms in total. The Balaban J connectivity index is 2.14. The molecule has 1 aliphatic heterocycles. The Bertz CT molecular complexity index is 412. The first-order valence-electron chi connectivity index (χ1n) is 7.47. The van der Waals surface area contributed by atoms with E-state index in [0.717, 1.165) is 12.8 Å². The molecule has 4 N–H and O–H groups in total. The van der Waals surface area contributed by atoms with Gasteiger partial charge in [-0.15, -0.1) is 0 Å². The largest absolute Gasteiger partial charge is 0.409 e. The molecule has 2 fully saturated rings. The van der Waals surface area contributed by atoms with Crippen LogP contribution in [-0.4, -0.2) is 59.4 Å². The van der Waals surface area contributed by atoms with Crippen LogP contribution in [0.25, 0.3) is 0 Å². The van der Waals surface area contributed by atoms with Gasteiger partial charge in [0.15, 0.2) is 5.84 Å². The van der Waals surface area contributed by atoms with Crippen molar-refractivity contribution in [2.24, 2.45) is 16.3 Å². The number of aliphatic hydroxyl groups is 1. The number of amides is 1. The van der Waals surface area contributed by atoms with Gasteiger partial charge in [0.1, 0.15) is 5.41 Å². The quantitative estimate of drug-likeness (QED) is 0.299. The van der Waals surface area contributed by atoms with Gasteiger partial charge in [-0.1, -0.05) is 18.0 Å². The third-order valence-corrected chi connectivity index (χ3v) is 4.77. The zero-order valence-electron chi connectivity index (χ0n) is 12.5. The van der Waals surface area contributed by atoms with E-state index in [9.17, 15) is 9.90 Å². The van der Waals surface area contributed by atoms with E-state index in [0.29, 0.717) is 38.9 Å². The number of nitrogens with two attached hydrogens (primary N) is 1. The molecule has 2 rings (SSSR count). The first-order chi connectivity index (χ1) is 9.93. The number of amidine groups is 1. The monoisotopic (exact) mass is 299 g/mol. The molecule has 2 aliphatic rings. The van der Waals surface area contributed by atoms with Crippen molar-refractivity contribution in [3.05, 3.63) is 0 Å². The van der Waals surface area contributed by atoms with Crippen molar-refractivity contribution in [1.82, 2.24) is 4.90 Å². The molecular weight excluding hydrogens is 274 g/mol. The van der Waals surface area contributed by atoms with Gasteiger partial charge in [0.05, 0.1) is 5.60 Å². The van der Waals surface area contributed by atoms with Crippen LogP contribution in [0.1, 0.15) is 38.5 Å². The van der Waals surface area contributed by atoms with Gasteiger partial charge in [-0.05, 0) is 25.7 Å². The van der Waals surface area contributed by atoms with Crippen LogP contribution in [0.15, 0.2) is 5.16 Å². The molecule has 0 aromatic carbocycles. The van der Waals surface area contributed by atoms with Gasteiger partial charge in [-0.2, -0.15) is 0 Å². The van der Waals surface area contributed by atoms with Crippen molar-refractivity contribution in [2.45, 2.75) is 44.1 Å². The van der Waals surface area contributed by atoms with Crippen LogP contribution in [-0.2, 0) is 9.53 Å². The fraction of sp³-hybridized carbons (Fsp3) is 0.857. The van der Waals surface area contributed by atoms with Gasteiger partial charge in [-0.3, -0.25) is 4.79 Å². The number of rotatable bonds is 4. The van der Waals surface area contributed by atoms with E-state index < -0.39 is 11.0 Å². The fourth-order valence-corrected chi connectivity index (χ4v) is 3.46. The maximum atomic E-state index is 12.8. The molecule has 1 saturated carbocycles. The number of carbonyl (C=O) groups is 1. The van der Waals surface area contributed by atoms with E-state index in [2.05, 4.69) is 5.16 Å². The number of hydrogen-bond acceptors (Lipinski definition) is 5. The second-order valence-electron chi connectivity index (χ2n) is 6.27. The van der Waals surface area contributed by atoms with Crippen molar-refractivity contribution in [2.75, 3.05) is 26.8 Å². The summed E-state index contributed by atoms with van der Waals surface area (Å²) in [5.74, 6) is -0.275. The zero-order chi connectivity index (χ0) is 15.5. The maximum absolute atomic E-state index is 12.8. The molecule has 0 unspecified atom stereocenters. The van der Waals surface area contributed by atoms with Gasteiger partial charge >= 0.3 is 0 Å².